The van der Waals surface area contributed by atoms with Crippen LogP contribution in [0, 0.1) is 12.7 Å². The van der Waals surface area contributed by atoms with E-state index < -0.39 is 0 Å². The first-order valence-electron chi connectivity index (χ1n) is 5.58. The molecule has 2 heterocycles. The summed E-state index contributed by atoms with van der Waals surface area (Å²) in [6.07, 6.45) is 1.00. The van der Waals surface area contributed by atoms with Gasteiger partial charge in [-0.25, -0.2) is 4.39 Å². The molecule has 3 rings (SSSR count). The second-order valence-corrected chi connectivity index (χ2v) is 4.16. The van der Waals surface area contributed by atoms with Gasteiger partial charge in [0.05, 0.1) is 6.04 Å². The minimum absolute atomic E-state index is 0.158. The first-order chi connectivity index (χ1) is 8.25. The molecule has 5 heteroatoms. The molecule has 1 atom stereocenters. The molecule has 0 bridgehead atoms. The summed E-state index contributed by atoms with van der Waals surface area (Å²) in [7, 11) is 0. The van der Waals surface area contributed by atoms with Gasteiger partial charge >= 0.3 is 0 Å². The lowest BCUT2D eigenvalue weighted by Crippen LogP contribution is -2.35. The Balaban J connectivity index is 1.97. The van der Waals surface area contributed by atoms with Gasteiger partial charge in [-0.2, -0.15) is 4.98 Å². The van der Waals surface area contributed by atoms with Gasteiger partial charge < -0.3 is 9.84 Å². The molecular formula is C12H12FN3O. The molecule has 1 N–H and O–H groups in total. The average Bonchev–Trinajstić information content (AvgIpc) is 2.68. The molecule has 17 heavy (non-hydrogen) atoms. The Morgan fingerprint density at radius 2 is 2.29 bits per heavy atom. The highest BCUT2D eigenvalue weighted by atomic mass is 19.1. The summed E-state index contributed by atoms with van der Waals surface area (Å²) in [5.41, 5.74) is 1.22. The molecule has 0 radical (unpaired) electrons. The summed E-state index contributed by atoms with van der Waals surface area (Å²) in [6.45, 7) is 2.68. The Kier molecular flexibility index (Phi) is 2.40. The molecule has 4 nitrogen and oxygen atoms in total. The standard InChI is InChI=1S/C12H12FN3O/c1-7-8(3-2-4-9(7)13)11-15-12(17-16-11)10-5-6-14-10/h2-4,10,14H,5-6H2,1H3/t10-/m0/s1. The molecule has 1 saturated heterocycles. The van der Waals surface area contributed by atoms with Crippen LogP contribution in [0.25, 0.3) is 11.4 Å². The summed E-state index contributed by atoms with van der Waals surface area (Å²) >= 11 is 0. The number of nitrogens with zero attached hydrogens (tertiary/aromatic N) is 2. The van der Waals surface area contributed by atoms with Crippen LogP contribution in [0.5, 0.6) is 0 Å². The van der Waals surface area contributed by atoms with Crippen LogP contribution in [0.4, 0.5) is 4.39 Å². The third-order valence-electron chi connectivity index (χ3n) is 3.07. The van der Waals surface area contributed by atoms with Crippen molar-refractivity contribution in [3.8, 4) is 11.4 Å². The number of benzene rings is 1. The summed E-state index contributed by atoms with van der Waals surface area (Å²) in [5, 5.41) is 7.08. The van der Waals surface area contributed by atoms with E-state index in [1.807, 2.05) is 0 Å². The van der Waals surface area contributed by atoms with Crippen molar-refractivity contribution in [2.75, 3.05) is 6.54 Å². The normalized spacial score (nSPS) is 19.1. The van der Waals surface area contributed by atoms with Gasteiger partial charge in [-0.05, 0) is 31.5 Å². The Morgan fingerprint density at radius 1 is 1.47 bits per heavy atom. The van der Waals surface area contributed by atoms with E-state index in [0.717, 1.165) is 13.0 Å². The lowest BCUT2D eigenvalue weighted by molar-refractivity contribution is 0.273. The van der Waals surface area contributed by atoms with Gasteiger partial charge in [0.25, 0.3) is 0 Å². The van der Waals surface area contributed by atoms with Crippen LogP contribution in [0.2, 0.25) is 0 Å². The Labute approximate surface area is 97.8 Å². The number of hydrogen-bond acceptors (Lipinski definition) is 4. The molecule has 1 fully saturated rings. The van der Waals surface area contributed by atoms with Gasteiger partial charge in [-0.1, -0.05) is 17.3 Å². The molecule has 1 aromatic heterocycles. The maximum absolute atomic E-state index is 13.4. The zero-order valence-electron chi connectivity index (χ0n) is 9.40. The predicted molar refractivity (Wildman–Crippen MR) is 59.8 cm³/mol. The number of rotatable bonds is 2. The first kappa shape index (κ1) is 10.4. The summed E-state index contributed by atoms with van der Waals surface area (Å²) in [4.78, 5) is 4.30. The van der Waals surface area contributed by atoms with E-state index in [0.29, 0.717) is 22.8 Å². The summed E-state index contributed by atoms with van der Waals surface area (Å²) in [5.74, 6) is 0.774. The zero-order chi connectivity index (χ0) is 11.8. The van der Waals surface area contributed by atoms with E-state index >= 15 is 0 Å². The van der Waals surface area contributed by atoms with Crippen molar-refractivity contribution < 1.29 is 8.91 Å². The van der Waals surface area contributed by atoms with Crippen molar-refractivity contribution in [3.05, 3.63) is 35.5 Å². The van der Waals surface area contributed by atoms with Gasteiger partial charge in [0.1, 0.15) is 5.82 Å². The van der Waals surface area contributed by atoms with E-state index in [1.165, 1.54) is 6.07 Å². The van der Waals surface area contributed by atoms with Crippen LogP contribution in [0.15, 0.2) is 22.7 Å². The average molecular weight is 233 g/mol. The number of halogens is 1. The van der Waals surface area contributed by atoms with Gasteiger partial charge in [-0.15, -0.1) is 0 Å². The fourth-order valence-electron chi connectivity index (χ4n) is 1.84. The topological polar surface area (TPSA) is 51.0 Å². The van der Waals surface area contributed by atoms with E-state index in [2.05, 4.69) is 15.5 Å². The predicted octanol–water partition coefficient (Wildman–Crippen LogP) is 2.22. The van der Waals surface area contributed by atoms with Crippen molar-refractivity contribution in [2.24, 2.45) is 0 Å². The van der Waals surface area contributed by atoms with Crippen LogP contribution in [-0.2, 0) is 0 Å². The lowest BCUT2D eigenvalue weighted by atomic mass is 10.1. The Hall–Kier alpha value is -1.75. The minimum Gasteiger partial charge on any atom is -0.337 e. The van der Waals surface area contributed by atoms with Crippen LogP contribution < -0.4 is 5.32 Å². The van der Waals surface area contributed by atoms with Crippen LogP contribution in [0.1, 0.15) is 23.9 Å². The number of nitrogens with one attached hydrogen (secondary N) is 1. The van der Waals surface area contributed by atoms with Gasteiger partial charge in [-0.3, -0.25) is 0 Å². The van der Waals surface area contributed by atoms with Crippen LogP contribution in [-0.4, -0.2) is 16.7 Å². The van der Waals surface area contributed by atoms with Crippen LogP contribution in [0.3, 0.4) is 0 Å². The van der Waals surface area contributed by atoms with Crippen molar-refractivity contribution in [3.63, 3.8) is 0 Å². The molecule has 0 saturated carbocycles. The smallest absolute Gasteiger partial charge is 0.244 e. The highest BCUT2D eigenvalue weighted by Crippen LogP contribution is 2.26. The molecule has 0 unspecified atom stereocenters. The summed E-state index contributed by atoms with van der Waals surface area (Å²) < 4.78 is 18.6. The zero-order valence-corrected chi connectivity index (χ0v) is 9.40. The lowest BCUT2D eigenvalue weighted by Gasteiger charge is -2.23. The fraction of sp³-hybridized carbons (Fsp3) is 0.333. The third kappa shape index (κ3) is 1.72. The van der Waals surface area contributed by atoms with E-state index in [4.69, 9.17) is 4.52 Å². The third-order valence-corrected chi connectivity index (χ3v) is 3.07. The minimum atomic E-state index is -0.254. The van der Waals surface area contributed by atoms with Gasteiger partial charge in [0.15, 0.2) is 0 Å². The van der Waals surface area contributed by atoms with E-state index in [9.17, 15) is 4.39 Å². The molecule has 88 valence electrons. The quantitative estimate of drug-likeness (QED) is 0.864. The van der Waals surface area contributed by atoms with E-state index in [1.54, 1.807) is 19.1 Å². The monoisotopic (exact) mass is 233 g/mol. The number of hydrogen-bond donors (Lipinski definition) is 1. The van der Waals surface area contributed by atoms with Gasteiger partial charge in [0.2, 0.25) is 11.7 Å². The molecule has 0 amide bonds. The fourth-order valence-corrected chi connectivity index (χ4v) is 1.84. The SMILES string of the molecule is Cc1c(F)cccc1-c1noc([C@@H]2CCN2)n1. The summed E-state index contributed by atoms with van der Waals surface area (Å²) in [6, 6.07) is 5.02. The molecule has 1 aromatic carbocycles. The molecule has 1 aliphatic heterocycles. The molecule has 0 spiro atoms. The second kappa shape index (κ2) is 3.92. The Bertz CT molecular complexity index is 548. The van der Waals surface area contributed by atoms with Crippen molar-refractivity contribution in [2.45, 2.75) is 19.4 Å². The Morgan fingerprint density at radius 3 is 3.00 bits per heavy atom. The molecule has 0 aliphatic carbocycles. The maximum Gasteiger partial charge on any atom is 0.244 e. The van der Waals surface area contributed by atoms with Crippen molar-refractivity contribution in [1.29, 1.82) is 0 Å². The maximum atomic E-state index is 13.4. The van der Waals surface area contributed by atoms with Gasteiger partial charge in [0, 0.05) is 5.56 Å². The highest BCUT2D eigenvalue weighted by molar-refractivity contribution is 5.59. The largest absolute Gasteiger partial charge is 0.337 e. The molecular weight excluding hydrogens is 221 g/mol. The molecule has 2 aromatic rings. The highest BCUT2D eigenvalue weighted by Gasteiger charge is 2.25. The van der Waals surface area contributed by atoms with Crippen molar-refractivity contribution >= 4 is 0 Å². The van der Waals surface area contributed by atoms with Crippen LogP contribution >= 0.6 is 0 Å². The second-order valence-electron chi connectivity index (χ2n) is 4.16. The first-order valence-corrected chi connectivity index (χ1v) is 5.58. The van der Waals surface area contributed by atoms with Crippen molar-refractivity contribution in [1.82, 2.24) is 15.5 Å². The number of aromatic nitrogens is 2. The molecule has 1 aliphatic rings. The van der Waals surface area contributed by atoms with E-state index in [-0.39, 0.29) is 11.9 Å².